The summed E-state index contributed by atoms with van der Waals surface area (Å²) in [4.78, 5) is 14.2. The second kappa shape index (κ2) is 6.66. The van der Waals surface area contributed by atoms with E-state index in [0.29, 0.717) is 11.5 Å². The quantitative estimate of drug-likeness (QED) is 0.905. The van der Waals surface area contributed by atoms with Crippen LogP contribution in [0.5, 0.6) is 0 Å². The molecule has 0 radical (unpaired) electrons. The van der Waals surface area contributed by atoms with E-state index in [4.69, 9.17) is 0 Å². The summed E-state index contributed by atoms with van der Waals surface area (Å²) in [7, 11) is 1.95. The van der Waals surface area contributed by atoms with Crippen LogP contribution in [0.1, 0.15) is 29.6 Å². The molecular weight excluding hydrogens is 243 g/mol. The number of halogens is 1. The van der Waals surface area contributed by atoms with Crippen molar-refractivity contribution in [2.45, 2.75) is 19.3 Å². The Hall–Kier alpha value is -1.42. The van der Waals surface area contributed by atoms with E-state index >= 15 is 0 Å². The molecule has 0 saturated carbocycles. The molecule has 0 aliphatic carbocycles. The second-order valence-corrected chi connectivity index (χ2v) is 5.16. The van der Waals surface area contributed by atoms with Crippen molar-refractivity contribution in [3.63, 3.8) is 0 Å². The Kier molecular flexibility index (Phi) is 4.91. The van der Waals surface area contributed by atoms with Gasteiger partial charge in [0.15, 0.2) is 0 Å². The summed E-state index contributed by atoms with van der Waals surface area (Å²) in [6.07, 6.45) is 3.35. The third-order valence-corrected chi connectivity index (χ3v) is 3.70. The number of hydrogen-bond donors (Lipinski definition) is 1. The Bertz CT molecular complexity index is 419. The molecule has 0 aromatic heterocycles. The number of carbonyl (C=O) groups excluding carboxylic acids is 1. The first-order chi connectivity index (χ1) is 9.20. The lowest BCUT2D eigenvalue weighted by Crippen LogP contribution is -2.40. The molecule has 1 aliphatic rings. The Labute approximate surface area is 113 Å². The number of amides is 1. The molecule has 0 spiro atoms. The van der Waals surface area contributed by atoms with E-state index in [1.54, 1.807) is 12.1 Å². The van der Waals surface area contributed by atoms with Crippen molar-refractivity contribution in [1.29, 1.82) is 0 Å². The van der Waals surface area contributed by atoms with Crippen LogP contribution in [-0.2, 0) is 0 Å². The van der Waals surface area contributed by atoms with Crippen LogP contribution in [0, 0.1) is 11.7 Å². The molecule has 3 nitrogen and oxygen atoms in total. The smallest absolute Gasteiger partial charge is 0.253 e. The van der Waals surface area contributed by atoms with Gasteiger partial charge in [0.05, 0.1) is 0 Å². The third-order valence-electron chi connectivity index (χ3n) is 3.70. The summed E-state index contributed by atoms with van der Waals surface area (Å²) in [6, 6.07) is 5.81. The molecule has 1 heterocycles. The van der Waals surface area contributed by atoms with Gasteiger partial charge >= 0.3 is 0 Å². The lowest BCUT2D eigenvalue weighted by Gasteiger charge is -2.33. The van der Waals surface area contributed by atoms with Gasteiger partial charge in [-0.15, -0.1) is 0 Å². The van der Waals surface area contributed by atoms with Crippen LogP contribution in [0.25, 0.3) is 0 Å². The number of nitrogens with one attached hydrogen (secondary N) is 1. The van der Waals surface area contributed by atoms with Crippen LogP contribution in [0.3, 0.4) is 0 Å². The maximum atomic E-state index is 12.9. The van der Waals surface area contributed by atoms with Crippen molar-refractivity contribution < 1.29 is 9.18 Å². The van der Waals surface area contributed by atoms with Gasteiger partial charge in [-0.1, -0.05) is 0 Å². The average molecular weight is 264 g/mol. The minimum atomic E-state index is -0.304. The van der Waals surface area contributed by atoms with Gasteiger partial charge in [-0.2, -0.15) is 0 Å². The zero-order valence-corrected chi connectivity index (χ0v) is 11.4. The Morgan fingerprint density at radius 2 is 2.16 bits per heavy atom. The lowest BCUT2D eigenvalue weighted by molar-refractivity contribution is 0.0668. The molecule has 19 heavy (non-hydrogen) atoms. The minimum absolute atomic E-state index is 0.0224. The Morgan fingerprint density at radius 3 is 2.84 bits per heavy atom. The molecule has 1 unspecified atom stereocenters. The fourth-order valence-electron chi connectivity index (χ4n) is 2.61. The fourth-order valence-corrected chi connectivity index (χ4v) is 2.61. The molecule has 1 amide bonds. The van der Waals surface area contributed by atoms with E-state index in [-0.39, 0.29) is 11.7 Å². The van der Waals surface area contributed by atoms with Gasteiger partial charge in [0.2, 0.25) is 0 Å². The number of likely N-dealkylation sites (tertiary alicyclic amines) is 1. The maximum Gasteiger partial charge on any atom is 0.253 e. The van der Waals surface area contributed by atoms with E-state index < -0.39 is 0 Å². The highest BCUT2D eigenvalue weighted by Gasteiger charge is 2.24. The number of nitrogens with zero attached hydrogens (tertiary/aromatic N) is 1. The second-order valence-electron chi connectivity index (χ2n) is 5.16. The zero-order chi connectivity index (χ0) is 13.7. The van der Waals surface area contributed by atoms with Crippen LogP contribution in [0.2, 0.25) is 0 Å². The van der Waals surface area contributed by atoms with Crippen molar-refractivity contribution in [2.75, 3.05) is 26.7 Å². The highest BCUT2D eigenvalue weighted by Crippen LogP contribution is 2.21. The van der Waals surface area contributed by atoms with Crippen molar-refractivity contribution in [3.05, 3.63) is 35.6 Å². The van der Waals surface area contributed by atoms with Crippen LogP contribution < -0.4 is 5.32 Å². The summed E-state index contributed by atoms with van der Waals surface area (Å²) in [6.45, 7) is 2.62. The van der Waals surface area contributed by atoms with Gasteiger partial charge in [-0.3, -0.25) is 4.79 Å². The van der Waals surface area contributed by atoms with Crippen molar-refractivity contribution in [3.8, 4) is 0 Å². The van der Waals surface area contributed by atoms with E-state index in [0.717, 1.165) is 32.5 Å². The highest BCUT2D eigenvalue weighted by molar-refractivity contribution is 5.94. The molecule has 4 heteroatoms. The number of piperidine rings is 1. The van der Waals surface area contributed by atoms with Crippen LogP contribution >= 0.6 is 0 Å². The van der Waals surface area contributed by atoms with Gasteiger partial charge in [0, 0.05) is 18.7 Å². The first-order valence-electron chi connectivity index (χ1n) is 6.90. The maximum absolute atomic E-state index is 12.9. The van der Waals surface area contributed by atoms with Gasteiger partial charge in [-0.25, -0.2) is 4.39 Å². The predicted octanol–water partition coefficient (Wildman–Crippen LogP) is 2.29. The van der Waals surface area contributed by atoms with E-state index in [9.17, 15) is 9.18 Å². The standard InChI is InChI=1S/C15H21FN2O/c1-17-9-8-12-3-2-10-18(11-12)15(19)13-4-6-14(16)7-5-13/h4-7,12,17H,2-3,8-11H2,1H3. The molecule has 1 aromatic rings. The van der Waals surface area contributed by atoms with Gasteiger partial charge in [0.1, 0.15) is 5.82 Å². The lowest BCUT2D eigenvalue weighted by atomic mass is 9.94. The van der Waals surface area contributed by atoms with Crippen molar-refractivity contribution >= 4 is 5.91 Å². The van der Waals surface area contributed by atoms with Gasteiger partial charge in [0.25, 0.3) is 5.91 Å². The van der Waals surface area contributed by atoms with Gasteiger partial charge in [-0.05, 0) is 63.0 Å². The van der Waals surface area contributed by atoms with Crippen LogP contribution in [0.15, 0.2) is 24.3 Å². The molecule has 1 saturated heterocycles. The topological polar surface area (TPSA) is 32.3 Å². The monoisotopic (exact) mass is 264 g/mol. The Balaban J connectivity index is 1.96. The molecule has 104 valence electrons. The first kappa shape index (κ1) is 14.0. The number of carbonyl (C=O) groups is 1. The molecule has 1 aliphatic heterocycles. The summed E-state index contributed by atoms with van der Waals surface area (Å²) >= 11 is 0. The highest BCUT2D eigenvalue weighted by atomic mass is 19.1. The van der Waals surface area contributed by atoms with E-state index in [1.165, 1.54) is 18.6 Å². The molecule has 1 fully saturated rings. The van der Waals surface area contributed by atoms with Crippen molar-refractivity contribution in [1.82, 2.24) is 10.2 Å². The predicted molar refractivity (Wildman–Crippen MR) is 73.6 cm³/mol. The van der Waals surface area contributed by atoms with Crippen LogP contribution in [-0.4, -0.2) is 37.5 Å². The van der Waals surface area contributed by atoms with E-state index in [1.807, 2.05) is 11.9 Å². The number of rotatable bonds is 4. The summed E-state index contributed by atoms with van der Waals surface area (Å²) in [5.41, 5.74) is 0.579. The summed E-state index contributed by atoms with van der Waals surface area (Å²) < 4.78 is 12.9. The van der Waals surface area contributed by atoms with Crippen LogP contribution in [0.4, 0.5) is 4.39 Å². The zero-order valence-electron chi connectivity index (χ0n) is 11.4. The molecule has 2 rings (SSSR count). The van der Waals surface area contributed by atoms with E-state index in [2.05, 4.69) is 5.32 Å². The molecule has 1 N–H and O–H groups in total. The minimum Gasteiger partial charge on any atom is -0.338 e. The largest absolute Gasteiger partial charge is 0.338 e. The van der Waals surface area contributed by atoms with Crippen molar-refractivity contribution in [2.24, 2.45) is 5.92 Å². The fraction of sp³-hybridized carbons (Fsp3) is 0.533. The normalized spacial score (nSPS) is 19.5. The average Bonchev–Trinajstić information content (AvgIpc) is 2.45. The molecule has 1 aromatic carbocycles. The molecule has 0 bridgehead atoms. The number of hydrogen-bond acceptors (Lipinski definition) is 2. The Morgan fingerprint density at radius 1 is 1.42 bits per heavy atom. The number of benzene rings is 1. The molecular formula is C15H21FN2O. The van der Waals surface area contributed by atoms with Gasteiger partial charge < -0.3 is 10.2 Å². The summed E-state index contributed by atoms with van der Waals surface area (Å²) in [5.74, 6) is 0.293. The SMILES string of the molecule is CNCCC1CCCN(C(=O)c2ccc(F)cc2)C1. The molecule has 1 atom stereocenters. The first-order valence-corrected chi connectivity index (χ1v) is 6.90. The summed E-state index contributed by atoms with van der Waals surface area (Å²) in [5, 5.41) is 3.15. The third kappa shape index (κ3) is 3.77.